The van der Waals surface area contributed by atoms with E-state index in [0.29, 0.717) is 0 Å². The van der Waals surface area contributed by atoms with E-state index in [1.54, 1.807) is 0 Å². The molecule has 0 N–H and O–H groups in total. The van der Waals surface area contributed by atoms with Gasteiger partial charge in [0.15, 0.2) is 0 Å². The molecule has 0 bridgehead atoms. The Kier molecular flexibility index (Phi) is 3.86. The molecule has 1 radical (unpaired) electrons. The second-order valence-corrected chi connectivity index (χ2v) is 6.00. The molecule has 0 spiro atoms. The summed E-state index contributed by atoms with van der Waals surface area (Å²) < 4.78 is 60.8. The standard InChI is InChI=1S/C6H10F5Si2/c1-6(2,3)5(4-12(7)8)13(9,10)11/h4H,1-3H3/b5-4-. The molecule has 7 heteroatoms. The van der Waals surface area contributed by atoms with Crippen LogP contribution in [0.5, 0.6) is 0 Å². The second-order valence-electron chi connectivity index (χ2n) is 3.60. The van der Waals surface area contributed by atoms with Gasteiger partial charge < -0.3 is 0 Å². The second kappa shape index (κ2) is 3.91. The molecule has 0 nitrogen and oxygen atoms in total. The van der Waals surface area contributed by atoms with Crippen molar-refractivity contribution in [1.29, 1.82) is 0 Å². The van der Waals surface area contributed by atoms with Crippen molar-refractivity contribution in [2.45, 2.75) is 20.8 Å². The lowest BCUT2D eigenvalue weighted by Crippen LogP contribution is -2.30. The fourth-order valence-corrected chi connectivity index (χ4v) is 3.32. The lowest BCUT2D eigenvalue weighted by Gasteiger charge is -2.23. The van der Waals surface area contributed by atoms with Gasteiger partial charge in [-0.25, -0.2) is 12.3 Å². The normalized spacial score (nSPS) is 15.3. The largest absolute Gasteiger partial charge is 0.648 e. The van der Waals surface area contributed by atoms with Crippen molar-refractivity contribution in [2.24, 2.45) is 5.41 Å². The molecule has 0 aromatic heterocycles. The first kappa shape index (κ1) is 12.8. The molecule has 0 atom stereocenters. The van der Waals surface area contributed by atoms with E-state index in [9.17, 15) is 20.5 Å². The highest BCUT2D eigenvalue weighted by Crippen LogP contribution is 2.35. The summed E-state index contributed by atoms with van der Waals surface area (Å²) >= 11 is 0. The molecule has 0 amide bonds. The van der Waals surface area contributed by atoms with Crippen molar-refractivity contribution < 1.29 is 20.5 Å². The maximum absolute atomic E-state index is 12.3. The monoisotopic (exact) mass is 233 g/mol. The SMILES string of the molecule is CC(C)(C)/C(=C/[Si](F)F)[Si](F)(F)F. The smallest absolute Gasteiger partial charge is 0.262 e. The maximum Gasteiger partial charge on any atom is 0.648 e. The van der Waals surface area contributed by atoms with Crippen LogP contribution in [0.4, 0.5) is 20.5 Å². The van der Waals surface area contributed by atoms with E-state index in [4.69, 9.17) is 0 Å². The molecule has 0 fully saturated rings. The molecular formula is C6H10F5Si2. The van der Waals surface area contributed by atoms with Gasteiger partial charge in [0, 0.05) is 5.20 Å². The molecule has 0 heterocycles. The Morgan fingerprint density at radius 2 is 1.54 bits per heavy atom. The summed E-state index contributed by atoms with van der Waals surface area (Å²) in [6, 6.07) is 0. The first-order valence-electron chi connectivity index (χ1n) is 3.52. The minimum absolute atomic E-state index is 0.122. The molecule has 0 aliphatic rings. The van der Waals surface area contributed by atoms with E-state index in [2.05, 4.69) is 0 Å². The molecule has 0 unspecified atom stereocenters. The summed E-state index contributed by atoms with van der Waals surface area (Å²) in [4.78, 5) is 0. The zero-order chi connectivity index (χ0) is 10.9. The van der Waals surface area contributed by atoms with Crippen LogP contribution in [0.25, 0.3) is 0 Å². The van der Waals surface area contributed by atoms with Crippen LogP contribution in [0.3, 0.4) is 0 Å². The van der Waals surface area contributed by atoms with Crippen LogP contribution in [-0.2, 0) is 0 Å². The summed E-state index contributed by atoms with van der Waals surface area (Å²) in [6.45, 7) is 3.89. The van der Waals surface area contributed by atoms with Crippen molar-refractivity contribution in [3.63, 3.8) is 0 Å². The average Bonchev–Trinajstić information content (AvgIpc) is 1.77. The molecule has 0 aliphatic heterocycles. The third kappa shape index (κ3) is 4.56. The molecule has 0 aromatic rings. The number of allylic oxidation sites excluding steroid dienone is 1. The van der Waals surface area contributed by atoms with Crippen molar-refractivity contribution >= 4 is 18.5 Å². The Labute approximate surface area is 76.9 Å². The molecule has 0 saturated heterocycles. The number of hydrogen-bond acceptors (Lipinski definition) is 0. The van der Waals surface area contributed by atoms with Gasteiger partial charge in [-0.15, -0.1) is 0 Å². The van der Waals surface area contributed by atoms with Gasteiger partial charge in [-0.2, -0.15) is 0 Å². The zero-order valence-corrected chi connectivity index (χ0v) is 9.47. The zero-order valence-electron chi connectivity index (χ0n) is 7.47. The van der Waals surface area contributed by atoms with Gasteiger partial charge in [0.25, 0.3) is 0 Å². The topological polar surface area (TPSA) is 0 Å². The fraction of sp³-hybridized carbons (Fsp3) is 0.667. The van der Waals surface area contributed by atoms with Crippen molar-refractivity contribution in [3.05, 3.63) is 10.9 Å². The van der Waals surface area contributed by atoms with Crippen LogP contribution >= 0.6 is 0 Å². The average molecular weight is 233 g/mol. The van der Waals surface area contributed by atoms with Crippen LogP contribution in [0.1, 0.15) is 20.8 Å². The van der Waals surface area contributed by atoms with E-state index in [1.165, 1.54) is 20.8 Å². The van der Waals surface area contributed by atoms with Crippen LogP contribution in [0.2, 0.25) is 0 Å². The molecule has 13 heavy (non-hydrogen) atoms. The molecule has 0 aromatic carbocycles. The lowest BCUT2D eigenvalue weighted by molar-refractivity contribution is 0.431. The minimum Gasteiger partial charge on any atom is -0.262 e. The van der Waals surface area contributed by atoms with Crippen molar-refractivity contribution in [1.82, 2.24) is 0 Å². The Bertz CT molecular complexity index is 184. The van der Waals surface area contributed by atoms with E-state index in [0.717, 1.165) is 0 Å². The fourth-order valence-electron chi connectivity index (χ4n) is 0.833. The molecular weight excluding hydrogens is 223 g/mol. The minimum atomic E-state index is -6.08. The maximum atomic E-state index is 12.3. The highest BCUT2D eigenvalue weighted by molar-refractivity contribution is 6.69. The highest BCUT2D eigenvalue weighted by Gasteiger charge is 2.48. The van der Waals surface area contributed by atoms with Crippen molar-refractivity contribution in [2.75, 3.05) is 0 Å². The molecule has 77 valence electrons. The molecule has 0 saturated carbocycles. The van der Waals surface area contributed by atoms with Crippen LogP contribution < -0.4 is 0 Å². The first-order valence-corrected chi connectivity index (χ1v) is 6.49. The quantitative estimate of drug-likeness (QED) is 0.390. The third-order valence-corrected chi connectivity index (χ3v) is 3.67. The highest BCUT2D eigenvalue weighted by atomic mass is 28.5. The Hall–Kier alpha value is -0.176. The molecule has 0 rings (SSSR count). The van der Waals surface area contributed by atoms with Gasteiger partial charge in [0.2, 0.25) is 0 Å². The van der Waals surface area contributed by atoms with E-state index >= 15 is 0 Å². The summed E-state index contributed by atoms with van der Waals surface area (Å²) in [5.74, 6) is 0. The van der Waals surface area contributed by atoms with E-state index < -0.39 is 29.2 Å². The van der Waals surface area contributed by atoms with E-state index in [1.807, 2.05) is 0 Å². The predicted octanol–water partition coefficient (Wildman–Crippen LogP) is 3.31. The van der Waals surface area contributed by atoms with Crippen molar-refractivity contribution in [3.8, 4) is 0 Å². The van der Waals surface area contributed by atoms with Gasteiger partial charge in [-0.05, 0) is 11.1 Å². The first-order chi connectivity index (χ1) is 5.55. The summed E-state index contributed by atoms with van der Waals surface area (Å²) in [5, 5.41) is -1.00. The third-order valence-electron chi connectivity index (χ3n) is 1.37. The van der Waals surface area contributed by atoms with Crippen LogP contribution in [0.15, 0.2) is 10.9 Å². The van der Waals surface area contributed by atoms with Crippen LogP contribution in [-0.4, -0.2) is 18.5 Å². The lowest BCUT2D eigenvalue weighted by atomic mass is 9.97. The summed E-state index contributed by atoms with van der Waals surface area (Å²) in [7, 11) is -10.0. The van der Waals surface area contributed by atoms with E-state index in [-0.39, 0.29) is 5.70 Å². The number of halogens is 5. The van der Waals surface area contributed by atoms with Crippen LogP contribution in [0, 0.1) is 5.41 Å². The summed E-state index contributed by atoms with van der Waals surface area (Å²) in [6.07, 6.45) is 0. The Balaban J connectivity index is 5.01. The Morgan fingerprint density at radius 3 is 1.62 bits per heavy atom. The molecule has 0 aliphatic carbocycles. The summed E-state index contributed by atoms with van der Waals surface area (Å²) in [5.41, 5.74) is -1.10. The predicted molar refractivity (Wildman–Crippen MR) is 44.6 cm³/mol. The number of rotatable bonds is 2. The Morgan fingerprint density at radius 1 is 1.15 bits per heavy atom. The van der Waals surface area contributed by atoms with Gasteiger partial charge in [0.05, 0.1) is 0 Å². The van der Waals surface area contributed by atoms with Gasteiger partial charge in [-0.1, -0.05) is 20.8 Å². The van der Waals surface area contributed by atoms with Gasteiger partial charge in [-0.3, -0.25) is 8.22 Å². The van der Waals surface area contributed by atoms with Gasteiger partial charge >= 0.3 is 18.5 Å². The van der Waals surface area contributed by atoms with Gasteiger partial charge in [0.1, 0.15) is 0 Å². The number of hydrogen-bond donors (Lipinski definition) is 0.